The normalized spacial score (nSPS) is 20.6. The lowest BCUT2D eigenvalue weighted by Gasteiger charge is -2.42. The van der Waals surface area contributed by atoms with E-state index in [0.29, 0.717) is 0 Å². The van der Waals surface area contributed by atoms with Crippen LogP contribution < -0.4 is 4.74 Å². The highest BCUT2D eigenvalue weighted by Gasteiger charge is 2.50. The molecule has 8 heteroatoms. The zero-order chi connectivity index (χ0) is 19.0. The largest absolute Gasteiger partial charge is 0.490 e. The highest BCUT2D eigenvalue weighted by atomic mass is 16.7. The molecule has 0 aliphatic carbocycles. The minimum Gasteiger partial charge on any atom is -0.490 e. The maximum absolute atomic E-state index is 12.3. The van der Waals surface area contributed by atoms with E-state index in [1.54, 1.807) is 20.8 Å². The second-order valence-electron chi connectivity index (χ2n) is 6.72. The Kier molecular flexibility index (Phi) is 4.57. The number of carbonyl (C=O) groups excluding carboxylic acids is 2. The first-order valence-electron chi connectivity index (χ1n) is 7.49. The molecule has 0 aromatic heterocycles. The summed E-state index contributed by atoms with van der Waals surface area (Å²) in [6.07, 6.45) is 1.19. The summed E-state index contributed by atoms with van der Waals surface area (Å²) < 4.78 is 15.5. The molecule has 0 spiro atoms. The molecule has 25 heavy (non-hydrogen) atoms. The van der Waals surface area contributed by atoms with E-state index in [1.807, 2.05) is 0 Å². The lowest BCUT2D eigenvalue weighted by atomic mass is 9.85. The third-order valence-corrected chi connectivity index (χ3v) is 4.09. The molecule has 1 aromatic rings. The molecule has 0 unspecified atom stereocenters. The second-order valence-corrected chi connectivity index (χ2v) is 6.72. The lowest BCUT2D eigenvalue weighted by Crippen LogP contribution is -2.52. The Morgan fingerprint density at radius 2 is 1.76 bits per heavy atom. The molecule has 0 amide bonds. The van der Waals surface area contributed by atoms with Crippen LogP contribution in [0.15, 0.2) is 23.8 Å². The van der Waals surface area contributed by atoms with Crippen LogP contribution in [0.3, 0.4) is 0 Å². The minimum absolute atomic E-state index is 0.0706. The number of nitro benzene ring substituents is 1. The number of methoxy groups -OCH3 is 1. The van der Waals surface area contributed by atoms with E-state index in [1.165, 1.54) is 38.3 Å². The van der Waals surface area contributed by atoms with E-state index in [-0.39, 0.29) is 22.6 Å². The van der Waals surface area contributed by atoms with Crippen molar-refractivity contribution in [3.05, 3.63) is 39.4 Å². The molecule has 1 aromatic carbocycles. The first kappa shape index (κ1) is 18.4. The summed E-state index contributed by atoms with van der Waals surface area (Å²) in [7, 11) is 1.31. The van der Waals surface area contributed by atoms with Crippen LogP contribution in [0.2, 0.25) is 0 Å². The molecular formula is C17H19NO7. The molecule has 8 nitrogen and oxygen atoms in total. The van der Waals surface area contributed by atoms with E-state index in [4.69, 9.17) is 14.2 Å². The molecule has 2 rings (SSSR count). The van der Waals surface area contributed by atoms with Gasteiger partial charge in [-0.15, -0.1) is 0 Å². The van der Waals surface area contributed by atoms with Crippen LogP contribution in [0.25, 0.3) is 6.08 Å². The molecule has 0 bridgehead atoms. The summed E-state index contributed by atoms with van der Waals surface area (Å²) in [6, 6.07) is 4.06. The van der Waals surface area contributed by atoms with Crippen molar-refractivity contribution in [2.45, 2.75) is 33.5 Å². The first-order chi connectivity index (χ1) is 11.5. The molecule has 0 radical (unpaired) electrons. The summed E-state index contributed by atoms with van der Waals surface area (Å²) in [5, 5.41) is 11.1. The van der Waals surface area contributed by atoms with Gasteiger partial charge in [-0.1, -0.05) is 26.8 Å². The number of rotatable bonds is 3. The zero-order valence-corrected chi connectivity index (χ0v) is 14.6. The zero-order valence-electron chi connectivity index (χ0n) is 14.6. The Labute approximate surface area is 144 Å². The van der Waals surface area contributed by atoms with Crippen molar-refractivity contribution in [2.24, 2.45) is 5.41 Å². The molecule has 0 atom stereocenters. The SMILES string of the molecule is COc1ccc(C=C2C(=O)OC(C)(C(C)(C)C)OC2=O)cc1[N+](=O)[O-]. The molecule has 1 aliphatic rings. The number of nitrogens with zero attached hydrogens (tertiary/aromatic N) is 1. The van der Waals surface area contributed by atoms with Crippen molar-refractivity contribution in [2.75, 3.05) is 7.11 Å². The smallest absolute Gasteiger partial charge is 0.348 e. The van der Waals surface area contributed by atoms with E-state index in [9.17, 15) is 19.7 Å². The summed E-state index contributed by atoms with van der Waals surface area (Å²) >= 11 is 0. The number of ether oxygens (including phenoxy) is 3. The van der Waals surface area contributed by atoms with E-state index < -0.39 is 28.1 Å². The van der Waals surface area contributed by atoms with Gasteiger partial charge in [-0.3, -0.25) is 10.1 Å². The molecule has 134 valence electrons. The third-order valence-electron chi connectivity index (χ3n) is 4.09. The van der Waals surface area contributed by atoms with Gasteiger partial charge in [-0.2, -0.15) is 0 Å². The number of carbonyl (C=O) groups is 2. The average molecular weight is 349 g/mol. The number of cyclic esters (lactones) is 2. The fraction of sp³-hybridized carbons (Fsp3) is 0.412. The average Bonchev–Trinajstić information content (AvgIpc) is 2.49. The molecule has 1 saturated heterocycles. The maximum Gasteiger partial charge on any atom is 0.348 e. The number of esters is 2. The molecule has 1 fully saturated rings. The maximum atomic E-state index is 12.3. The van der Waals surface area contributed by atoms with Gasteiger partial charge in [-0.25, -0.2) is 9.59 Å². The Morgan fingerprint density at radius 1 is 1.20 bits per heavy atom. The molecule has 0 N–H and O–H groups in total. The quantitative estimate of drug-likeness (QED) is 0.272. The Morgan fingerprint density at radius 3 is 2.20 bits per heavy atom. The van der Waals surface area contributed by atoms with Gasteiger partial charge in [0.15, 0.2) is 5.75 Å². The van der Waals surface area contributed by atoms with Crippen molar-refractivity contribution >= 4 is 23.7 Å². The van der Waals surface area contributed by atoms with Gasteiger partial charge in [0.05, 0.1) is 12.0 Å². The Hall–Kier alpha value is -2.90. The van der Waals surface area contributed by atoms with Gasteiger partial charge < -0.3 is 14.2 Å². The van der Waals surface area contributed by atoms with Crippen molar-refractivity contribution in [3.63, 3.8) is 0 Å². The van der Waals surface area contributed by atoms with Gasteiger partial charge in [0.2, 0.25) is 0 Å². The van der Waals surface area contributed by atoms with Crippen LogP contribution in [0, 0.1) is 15.5 Å². The van der Waals surface area contributed by atoms with Gasteiger partial charge >= 0.3 is 17.6 Å². The third kappa shape index (κ3) is 3.47. The number of hydrogen-bond acceptors (Lipinski definition) is 7. The van der Waals surface area contributed by atoms with Crippen LogP contribution in [0.1, 0.15) is 33.3 Å². The first-order valence-corrected chi connectivity index (χ1v) is 7.49. The van der Waals surface area contributed by atoms with Crippen LogP contribution in [-0.2, 0) is 19.1 Å². The lowest BCUT2D eigenvalue weighted by molar-refractivity contribution is -0.385. The summed E-state index contributed by atoms with van der Waals surface area (Å²) in [5.41, 5.74) is -0.964. The predicted molar refractivity (Wildman–Crippen MR) is 87.7 cm³/mol. The number of hydrogen-bond donors (Lipinski definition) is 0. The van der Waals surface area contributed by atoms with Crippen LogP contribution in [0.4, 0.5) is 5.69 Å². The van der Waals surface area contributed by atoms with Gasteiger partial charge in [0.25, 0.3) is 5.79 Å². The minimum atomic E-state index is -1.40. The van der Waals surface area contributed by atoms with E-state index in [0.717, 1.165) is 0 Å². The van der Waals surface area contributed by atoms with Gasteiger partial charge in [0.1, 0.15) is 5.57 Å². The van der Waals surface area contributed by atoms with Crippen molar-refractivity contribution < 1.29 is 28.7 Å². The summed E-state index contributed by atoms with van der Waals surface area (Å²) in [4.78, 5) is 35.0. The van der Waals surface area contributed by atoms with E-state index in [2.05, 4.69) is 0 Å². The Bertz CT molecular complexity index is 754. The van der Waals surface area contributed by atoms with Crippen LogP contribution >= 0.6 is 0 Å². The van der Waals surface area contributed by atoms with Crippen molar-refractivity contribution in [3.8, 4) is 5.75 Å². The van der Waals surface area contributed by atoms with Crippen molar-refractivity contribution in [1.82, 2.24) is 0 Å². The number of nitro groups is 1. The van der Waals surface area contributed by atoms with Crippen molar-refractivity contribution in [1.29, 1.82) is 0 Å². The fourth-order valence-electron chi connectivity index (χ4n) is 2.10. The number of benzene rings is 1. The van der Waals surface area contributed by atoms with Crippen LogP contribution in [-0.4, -0.2) is 29.8 Å². The topological polar surface area (TPSA) is 105 Å². The van der Waals surface area contributed by atoms with Gasteiger partial charge in [0, 0.05) is 18.4 Å². The molecule has 1 heterocycles. The van der Waals surface area contributed by atoms with Crippen LogP contribution in [0.5, 0.6) is 5.75 Å². The molecule has 0 saturated carbocycles. The Balaban J connectivity index is 2.40. The predicted octanol–water partition coefficient (Wildman–Crippen LogP) is 2.85. The fourth-order valence-corrected chi connectivity index (χ4v) is 2.10. The van der Waals surface area contributed by atoms with E-state index >= 15 is 0 Å². The summed E-state index contributed by atoms with van der Waals surface area (Å²) in [5.74, 6) is -3.01. The molecule has 1 aliphatic heterocycles. The monoisotopic (exact) mass is 349 g/mol. The summed E-state index contributed by atoms with van der Waals surface area (Å²) in [6.45, 7) is 6.83. The second kappa shape index (κ2) is 6.19. The van der Waals surface area contributed by atoms with Gasteiger partial charge in [-0.05, 0) is 17.7 Å². The highest BCUT2D eigenvalue weighted by Crippen LogP contribution is 2.39. The molecular weight excluding hydrogens is 330 g/mol. The standard InChI is InChI=1S/C17H19NO7/c1-16(2,3)17(4)24-14(19)11(15(20)25-17)8-10-6-7-13(23-5)12(9-10)18(21)22/h6-9H,1-5H3. The highest BCUT2D eigenvalue weighted by molar-refractivity contribution is 6.19.